The molecular formula is C57H36N4S. The first-order chi connectivity index (χ1) is 30.7. The van der Waals surface area contributed by atoms with Crippen LogP contribution < -0.4 is 0 Å². The molecule has 0 saturated heterocycles. The molecule has 0 aliphatic rings. The van der Waals surface area contributed by atoms with Gasteiger partial charge < -0.3 is 4.57 Å². The number of aromatic nitrogens is 4. The Morgan fingerprint density at radius 3 is 1.53 bits per heavy atom. The normalized spacial score (nSPS) is 11.5. The average molecular weight is 809 g/mol. The van der Waals surface area contributed by atoms with E-state index in [1.54, 1.807) is 0 Å². The van der Waals surface area contributed by atoms with Crippen LogP contribution in [0.25, 0.3) is 115 Å². The molecule has 0 saturated carbocycles. The van der Waals surface area contributed by atoms with Gasteiger partial charge in [-0.1, -0.05) is 176 Å². The van der Waals surface area contributed by atoms with Crippen molar-refractivity contribution in [2.75, 3.05) is 0 Å². The summed E-state index contributed by atoms with van der Waals surface area (Å²) >= 11 is 1.85. The van der Waals surface area contributed by atoms with Gasteiger partial charge in [0.2, 0.25) is 0 Å². The van der Waals surface area contributed by atoms with Crippen LogP contribution in [-0.4, -0.2) is 19.5 Å². The molecule has 4 nitrogen and oxygen atoms in total. The highest BCUT2D eigenvalue weighted by atomic mass is 32.1. The van der Waals surface area contributed by atoms with Crippen LogP contribution in [0.4, 0.5) is 0 Å². The number of benzene rings is 9. The molecule has 3 aromatic heterocycles. The summed E-state index contributed by atoms with van der Waals surface area (Å²) in [6.07, 6.45) is 0. The molecule has 0 unspecified atom stereocenters. The van der Waals surface area contributed by atoms with Crippen molar-refractivity contribution in [2.45, 2.75) is 0 Å². The number of hydrogen-bond acceptors (Lipinski definition) is 4. The van der Waals surface area contributed by atoms with E-state index in [9.17, 15) is 0 Å². The molecule has 9 aromatic carbocycles. The average Bonchev–Trinajstić information content (AvgIpc) is 3.90. The highest BCUT2D eigenvalue weighted by Crippen LogP contribution is 2.46. The molecule has 12 aromatic rings. The second-order valence-corrected chi connectivity index (χ2v) is 16.6. The smallest absolute Gasteiger partial charge is 0.164 e. The molecule has 0 N–H and O–H groups in total. The van der Waals surface area contributed by atoms with E-state index >= 15 is 0 Å². The van der Waals surface area contributed by atoms with Gasteiger partial charge in [-0.05, 0) is 75.8 Å². The summed E-state index contributed by atoms with van der Waals surface area (Å²) in [6, 6.07) is 77.4. The minimum Gasteiger partial charge on any atom is -0.309 e. The van der Waals surface area contributed by atoms with E-state index in [2.05, 4.69) is 187 Å². The second kappa shape index (κ2) is 14.9. The highest BCUT2D eigenvalue weighted by Gasteiger charge is 2.21. The molecule has 62 heavy (non-hydrogen) atoms. The van der Waals surface area contributed by atoms with Crippen LogP contribution >= 0.6 is 11.3 Å². The zero-order valence-electron chi connectivity index (χ0n) is 33.5. The molecule has 0 amide bonds. The monoisotopic (exact) mass is 808 g/mol. The zero-order chi connectivity index (χ0) is 41.0. The lowest BCUT2D eigenvalue weighted by molar-refractivity contribution is 1.07. The van der Waals surface area contributed by atoms with Gasteiger partial charge in [0.1, 0.15) is 0 Å². The van der Waals surface area contributed by atoms with Gasteiger partial charge in [0.15, 0.2) is 17.5 Å². The number of para-hydroxylation sites is 2. The lowest BCUT2D eigenvalue weighted by Crippen LogP contribution is -2.01. The van der Waals surface area contributed by atoms with E-state index in [0.29, 0.717) is 17.5 Å². The van der Waals surface area contributed by atoms with E-state index in [0.717, 1.165) is 44.6 Å². The number of thiophene rings is 1. The van der Waals surface area contributed by atoms with E-state index in [1.165, 1.54) is 53.1 Å². The molecule has 0 radical (unpaired) electrons. The van der Waals surface area contributed by atoms with Gasteiger partial charge in [-0.15, -0.1) is 11.3 Å². The van der Waals surface area contributed by atoms with Crippen LogP contribution in [0.2, 0.25) is 0 Å². The van der Waals surface area contributed by atoms with Crippen molar-refractivity contribution in [1.82, 2.24) is 19.5 Å². The Bertz CT molecular complexity index is 3560. The Kier molecular flexibility index (Phi) is 8.65. The summed E-state index contributed by atoms with van der Waals surface area (Å²) in [4.78, 5) is 15.6. The predicted molar refractivity (Wildman–Crippen MR) is 260 cm³/mol. The molecular weight excluding hydrogens is 773 g/mol. The third-order valence-electron chi connectivity index (χ3n) is 11.9. The Morgan fingerprint density at radius 1 is 0.306 bits per heavy atom. The van der Waals surface area contributed by atoms with Gasteiger partial charge in [-0.25, -0.2) is 15.0 Å². The van der Waals surface area contributed by atoms with Crippen LogP contribution in [0.1, 0.15) is 0 Å². The SMILES string of the molecule is c1ccc(-c2nc(-c3ccccc3)nc(-c3cc(-c4ccccc4-c4ccccc4)ccc3-c3ccc4c(c3)sc3ccc5c(c6ccccc6n5-c5ccccc5)c34)n2)cc1. The topological polar surface area (TPSA) is 43.6 Å². The van der Waals surface area contributed by atoms with Crippen molar-refractivity contribution >= 4 is 53.3 Å². The molecule has 3 heterocycles. The van der Waals surface area contributed by atoms with Crippen molar-refractivity contribution in [3.8, 4) is 73.2 Å². The fourth-order valence-corrected chi connectivity index (χ4v) is 10.2. The Hall–Kier alpha value is -7.99. The molecule has 0 aliphatic heterocycles. The van der Waals surface area contributed by atoms with E-state index in [-0.39, 0.29) is 0 Å². The van der Waals surface area contributed by atoms with Crippen LogP contribution in [0, 0.1) is 0 Å². The van der Waals surface area contributed by atoms with Gasteiger partial charge in [-0.2, -0.15) is 0 Å². The quantitative estimate of drug-likeness (QED) is 0.161. The number of rotatable bonds is 7. The summed E-state index contributed by atoms with van der Waals surface area (Å²) < 4.78 is 4.90. The Labute approximate surface area is 362 Å². The van der Waals surface area contributed by atoms with Gasteiger partial charge in [0, 0.05) is 53.3 Å². The molecule has 0 aliphatic carbocycles. The van der Waals surface area contributed by atoms with Crippen LogP contribution in [0.5, 0.6) is 0 Å². The molecule has 12 rings (SSSR count). The first-order valence-electron chi connectivity index (χ1n) is 20.9. The number of hydrogen-bond donors (Lipinski definition) is 0. The predicted octanol–water partition coefficient (Wildman–Crippen LogP) is 15.3. The van der Waals surface area contributed by atoms with Crippen molar-refractivity contribution in [1.29, 1.82) is 0 Å². The fraction of sp³-hybridized carbons (Fsp3) is 0. The minimum atomic E-state index is 0.624. The van der Waals surface area contributed by atoms with Crippen LogP contribution in [-0.2, 0) is 0 Å². The third-order valence-corrected chi connectivity index (χ3v) is 13.0. The van der Waals surface area contributed by atoms with Crippen molar-refractivity contribution < 1.29 is 0 Å². The van der Waals surface area contributed by atoms with Crippen LogP contribution in [0.15, 0.2) is 218 Å². The lowest BCUT2D eigenvalue weighted by atomic mass is 9.90. The molecule has 5 heteroatoms. The van der Waals surface area contributed by atoms with E-state index in [4.69, 9.17) is 15.0 Å². The highest BCUT2D eigenvalue weighted by molar-refractivity contribution is 7.26. The standard InChI is InChI=1S/C57H36N4S/c1-5-17-37(18-6-1)43-25-13-14-26-44(43)40-29-31-45(48(35-40)57-59-55(38-19-7-2-8-20-38)58-56(60-57)39-21-9-3-10-22-39)41-30-32-47-52(36-41)62-51-34-33-50-53(54(47)51)46-27-15-16-28-49(46)61(50)42-23-11-4-12-24-42/h1-36H. The van der Waals surface area contributed by atoms with Crippen LogP contribution in [0.3, 0.4) is 0 Å². The first-order valence-corrected chi connectivity index (χ1v) is 21.7. The summed E-state index contributed by atoms with van der Waals surface area (Å²) in [5, 5.41) is 5.09. The molecule has 0 atom stereocenters. The molecule has 0 fully saturated rings. The summed E-state index contributed by atoms with van der Waals surface area (Å²) in [6.45, 7) is 0. The summed E-state index contributed by atoms with van der Waals surface area (Å²) in [5.41, 5.74) is 13.1. The third kappa shape index (κ3) is 6.09. The number of nitrogens with zero attached hydrogens (tertiary/aromatic N) is 4. The Morgan fingerprint density at radius 2 is 0.839 bits per heavy atom. The van der Waals surface area contributed by atoms with Gasteiger partial charge in [0.25, 0.3) is 0 Å². The summed E-state index contributed by atoms with van der Waals surface area (Å²) in [5.74, 6) is 1.89. The second-order valence-electron chi connectivity index (χ2n) is 15.5. The first kappa shape index (κ1) is 35.9. The van der Waals surface area contributed by atoms with Gasteiger partial charge in [-0.3, -0.25) is 0 Å². The van der Waals surface area contributed by atoms with Crippen molar-refractivity contribution in [3.63, 3.8) is 0 Å². The maximum atomic E-state index is 5.27. The minimum absolute atomic E-state index is 0.624. The molecule has 0 spiro atoms. The van der Waals surface area contributed by atoms with Gasteiger partial charge >= 0.3 is 0 Å². The summed E-state index contributed by atoms with van der Waals surface area (Å²) in [7, 11) is 0. The van der Waals surface area contributed by atoms with Crippen molar-refractivity contribution in [3.05, 3.63) is 218 Å². The Balaban J connectivity index is 1.09. The maximum Gasteiger partial charge on any atom is 0.164 e. The largest absolute Gasteiger partial charge is 0.309 e. The maximum absolute atomic E-state index is 5.27. The van der Waals surface area contributed by atoms with Gasteiger partial charge in [0.05, 0.1) is 11.0 Å². The number of fused-ring (bicyclic) bond motifs is 7. The van der Waals surface area contributed by atoms with Crippen molar-refractivity contribution in [2.24, 2.45) is 0 Å². The molecule has 290 valence electrons. The fourth-order valence-electron chi connectivity index (χ4n) is 9.03. The van der Waals surface area contributed by atoms with E-state index in [1.807, 2.05) is 47.7 Å². The van der Waals surface area contributed by atoms with E-state index < -0.39 is 0 Å². The zero-order valence-corrected chi connectivity index (χ0v) is 34.3. The lowest BCUT2D eigenvalue weighted by Gasteiger charge is -2.16. The molecule has 0 bridgehead atoms.